The van der Waals surface area contributed by atoms with Crippen molar-refractivity contribution in [1.82, 2.24) is 9.80 Å². The second-order valence-electron chi connectivity index (χ2n) is 7.24. The minimum atomic E-state index is 0.319. The zero-order chi connectivity index (χ0) is 16.9. The Morgan fingerprint density at radius 2 is 1.92 bits per heavy atom. The molecular formula is C20H31N3O. The lowest BCUT2D eigenvalue weighted by Gasteiger charge is -2.39. The summed E-state index contributed by atoms with van der Waals surface area (Å²) in [5, 5.41) is 0. The number of carbonyl (C=O) groups is 1. The normalized spacial score (nSPS) is 22.7. The van der Waals surface area contributed by atoms with Gasteiger partial charge in [-0.3, -0.25) is 9.69 Å². The van der Waals surface area contributed by atoms with Gasteiger partial charge in [-0.25, -0.2) is 0 Å². The molecule has 3 rings (SSSR count). The molecule has 2 aliphatic rings. The standard InChI is InChI=1S/C20H31N3O/c1-3-18-8-4-5-10-23(18)16-20(24)22-13-11-21(12-14-22)19-9-6-7-17(2)15-19/h6-7,9,15,18H,3-5,8,10-14,16H2,1-2H3. The molecule has 1 aromatic carbocycles. The molecule has 2 fully saturated rings. The van der Waals surface area contributed by atoms with Crippen LogP contribution in [0, 0.1) is 6.92 Å². The highest BCUT2D eigenvalue weighted by molar-refractivity contribution is 5.78. The number of benzene rings is 1. The third kappa shape index (κ3) is 4.10. The van der Waals surface area contributed by atoms with Crippen LogP contribution in [0.15, 0.2) is 24.3 Å². The molecule has 0 spiro atoms. The summed E-state index contributed by atoms with van der Waals surface area (Å²) in [7, 11) is 0. The molecule has 0 aromatic heterocycles. The molecule has 0 radical (unpaired) electrons. The van der Waals surface area contributed by atoms with Gasteiger partial charge in [0.05, 0.1) is 6.54 Å². The summed E-state index contributed by atoms with van der Waals surface area (Å²) in [5.41, 5.74) is 2.57. The van der Waals surface area contributed by atoms with Gasteiger partial charge in [-0.15, -0.1) is 0 Å². The van der Waals surface area contributed by atoms with E-state index in [9.17, 15) is 4.79 Å². The summed E-state index contributed by atoms with van der Waals surface area (Å²) in [6.07, 6.45) is 4.97. The van der Waals surface area contributed by atoms with Crippen LogP contribution in [0.1, 0.15) is 38.2 Å². The Labute approximate surface area is 146 Å². The van der Waals surface area contributed by atoms with Gasteiger partial charge >= 0.3 is 0 Å². The van der Waals surface area contributed by atoms with E-state index in [-0.39, 0.29) is 0 Å². The first-order chi connectivity index (χ1) is 11.7. The van der Waals surface area contributed by atoms with E-state index < -0.39 is 0 Å². The van der Waals surface area contributed by atoms with Crippen LogP contribution in [0.4, 0.5) is 5.69 Å². The van der Waals surface area contributed by atoms with Crippen molar-refractivity contribution in [3.05, 3.63) is 29.8 Å². The monoisotopic (exact) mass is 329 g/mol. The van der Waals surface area contributed by atoms with Crippen molar-refractivity contribution >= 4 is 11.6 Å². The van der Waals surface area contributed by atoms with Gasteiger partial charge in [-0.05, 0) is 50.4 Å². The highest BCUT2D eigenvalue weighted by Gasteiger charge is 2.27. The van der Waals surface area contributed by atoms with Crippen molar-refractivity contribution in [3.8, 4) is 0 Å². The van der Waals surface area contributed by atoms with Crippen molar-refractivity contribution < 1.29 is 4.79 Å². The summed E-state index contributed by atoms with van der Waals surface area (Å²) in [6, 6.07) is 9.26. The van der Waals surface area contributed by atoms with Crippen LogP contribution in [0.2, 0.25) is 0 Å². The molecule has 2 saturated heterocycles. The lowest BCUT2D eigenvalue weighted by Crippen LogP contribution is -2.53. The van der Waals surface area contributed by atoms with Gasteiger partial charge in [0.2, 0.25) is 5.91 Å². The molecule has 4 nitrogen and oxygen atoms in total. The minimum absolute atomic E-state index is 0.319. The van der Waals surface area contributed by atoms with Crippen LogP contribution < -0.4 is 4.90 Å². The van der Waals surface area contributed by atoms with E-state index in [1.165, 1.54) is 30.5 Å². The van der Waals surface area contributed by atoms with E-state index in [1.807, 2.05) is 0 Å². The van der Waals surface area contributed by atoms with Crippen molar-refractivity contribution in [2.24, 2.45) is 0 Å². The fraction of sp³-hybridized carbons (Fsp3) is 0.650. The van der Waals surface area contributed by atoms with Crippen LogP contribution >= 0.6 is 0 Å². The maximum atomic E-state index is 12.7. The van der Waals surface area contributed by atoms with Gasteiger partial charge < -0.3 is 9.80 Å². The molecular weight excluding hydrogens is 298 g/mol. The number of rotatable bonds is 4. The lowest BCUT2D eigenvalue weighted by atomic mass is 10.00. The molecule has 1 unspecified atom stereocenters. The van der Waals surface area contributed by atoms with E-state index in [2.05, 4.69) is 52.8 Å². The first kappa shape index (κ1) is 17.3. The number of hydrogen-bond donors (Lipinski definition) is 0. The first-order valence-electron chi connectivity index (χ1n) is 9.51. The number of aryl methyl sites for hydroxylation is 1. The molecule has 0 saturated carbocycles. The van der Waals surface area contributed by atoms with Crippen molar-refractivity contribution in [1.29, 1.82) is 0 Å². The van der Waals surface area contributed by atoms with Crippen molar-refractivity contribution in [2.75, 3.05) is 44.2 Å². The first-order valence-corrected chi connectivity index (χ1v) is 9.51. The van der Waals surface area contributed by atoms with Gasteiger partial charge in [0.1, 0.15) is 0 Å². The lowest BCUT2D eigenvalue weighted by molar-refractivity contribution is -0.133. The number of carbonyl (C=O) groups excluding carboxylic acids is 1. The predicted molar refractivity (Wildman–Crippen MR) is 99.5 cm³/mol. The van der Waals surface area contributed by atoms with Crippen LogP contribution in [-0.4, -0.2) is 61.0 Å². The largest absolute Gasteiger partial charge is 0.368 e. The van der Waals surface area contributed by atoms with Gasteiger partial charge in [0.15, 0.2) is 0 Å². The fourth-order valence-corrected chi connectivity index (χ4v) is 4.04. The summed E-state index contributed by atoms with van der Waals surface area (Å²) in [4.78, 5) is 19.6. The molecule has 4 heteroatoms. The second-order valence-corrected chi connectivity index (χ2v) is 7.24. The third-order valence-corrected chi connectivity index (χ3v) is 5.56. The van der Waals surface area contributed by atoms with Crippen LogP contribution in [0.25, 0.3) is 0 Å². The van der Waals surface area contributed by atoms with E-state index in [0.29, 0.717) is 18.5 Å². The van der Waals surface area contributed by atoms with Crippen LogP contribution in [0.5, 0.6) is 0 Å². The molecule has 0 aliphatic carbocycles. The maximum absolute atomic E-state index is 12.7. The molecule has 2 aliphatic heterocycles. The topological polar surface area (TPSA) is 26.8 Å². The molecule has 24 heavy (non-hydrogen) atoms. The maximum Gasteiger partial charge on any atom is 0.236 e. The summed E-state index contributed by atoms with van der Waals surface area (Å²) < 4.78 is 0. The second kappa shape index (κ2) is 8.02. The Hall–Kier alpha value is -1.55. The summed E-state index contributed by atoms with van der Waals surface area (Å²) in [5.74, 6) is 0.319. The van der Waals surface area contributed by atoms with Crippen LogP contribution in [0.3, 0.4) is 0 Å². The van der Waals surface area contributed by atoms with E-state index in [0.717, 1.165) is 39.1 Å². The molecule has 0 N–H and O–H groups in total. The van der Waals surface area contributed by atoms with E-state index in [4.69, 9.17) is 0 Å². The Morgan fingerprint density at radius 3 is 2.62 bits per heavy atom. The number of anilines is 1. The quantitative estimate of drug-likeness (QED) is 0.850. The van der Waals surface area contributed by atoms with Crippen molar-refractivity contribution in [2.45, 2.75) is 45.6 Å². The number of amides is 1. The Bertz CT molecular complexity index is 552. The predicted octanol–water partition coefficient (Wildman–Crippen LogP) is 2.91. The van der Waals surface area contributed by atoms with Gasteiger partial charge in [0, 0.05) is 37.9 Å². The Kier molecular flexibility index (Phi) is 5.77. The summed E-state index contributed by atoms with van der Waals surface area (Å²) in [6.45, 7) is 9.64. The number of hydrogen-bond acceptors (Lipinski definition) is 3. The van der Waals surface area contributed by atoms with Gasteiger partial charge in [-0.1, -0.05) is 25.5 Å². The molecule has 1 aromatic rings. The zero-order valence-corrected chi connectivity index (χ0v) is 15.2. The average molecular weight is 329 g/mol. The molecule has 2 heterocycles. The number of likely N-dealkylation sites (tertiary alicyclic amines) is 1. The van der Waals surface area contributed by atoms with E-state index in [1.54, 1.807) is 0 Å². The smallest absolute Gasteiger partial charge is 0.236 e. The average Bonchev–Trinajstić information content (AvgIpc) is 2.62. The van der Waals surface area contributed by atoms with Crippen LogP contribution in [-0.2, 0) is 4.79 Å². The fourth-order valence-electron chi connectivity index (χ4n) is 4.04. The molecule has 1 amide bonds. The highest BCUT2D eigenvalue weighted by atomic mass is 16.2. The van der Waals surface area contributed by atoms with E-state index >= 15 is 0 Å². The number of piperazine rings is 1. The SMILES string of the molecule is CCC1CCCCN1CC(=O)N1CCN(c2cccc(C)c2)CC1. The molecule has 132 valence electrons. The van der Waals surface area contributed by atoms with Gasteiger partial charge in [0.25, 0.3) is 0 Å². The zero-order valence-electron chi connectivity index (χ0n) is 15.2. The highest BCUT2D eigenvalue weighted by Crippen LogP contribution is 2.20. The van der Waals surface area contributed by atoms with Gasteiger partial charge in [-0.2, -0.15) is 0 Å². The van der Waals surface area contributed by atoms with Crippen molar-refractivity contribution in [3.63, 3.8) is 0 Å². The molecule has 0 bridgehead atoms. The summed E-state index contributed by atoms with van der Waals surface area (Å²) >= 11 is 0. The number of piperidine rings is 1. The Morgan fingerprint density at radius 1 is 1.12 bits per heavy atom. The molecule has 1 atom stereocenters. The Balaban J connectivity index is 1.51. The minimum Gasteiger partial charge on any atom is -0.368 e. The number of nitrogens with zero attached hydrogens (tertiary/aromatic N) is 3. The third-order valence-electron chi connectivity index (χ3n) is 5.56.